The minimum absolute atomic E-state index is 0. The normalized spacial score (nSPS) is 17.9. The molecule has 0 amide bonds. The molecule has 0 aliphatic carbocycles. The predicted molar refractivity (Wildman–Crippen MR) is 80.3 cm³/mol. The zero-order valence-corrected chi connectivity index (χ0v) is 13.9. The molecule has 1 heterocycles. The number of carbonyl (C=O) groups excluding carboxylic acids is 1. The average Bonchev–Trinajstić information content (AvgIpc) is 2.42. The molecule has 1 saturated heterocycles. The van der Waals surface area contributed by atoms with Crippen LogP contribution in [0.25, 0.3) is 0 Å². The Labute approximate surface area is 137 Å². The molecule has 1 unspecified atom stereocenters. The fraction of sp³-hybridized carbons (Fsp3) is 0.533. The van der Waals surface area contributed by atoms with Crippen LogP contribution < -0.4 is 12.4 Å². The van der Waals surface area contributed by atoms with E-state index < -0.39 is 0 Å². The Hall–Kier alpha value is -0.810. The lowest BCUT2D eigenvalue weighted by Crippen LogP contribution is -3.00. The zero-order chi connectivity index (χ0) is 14.5. The quantitative estimate of drug-likeness (QED) is 0.672. The SMILES string of the molecule is CC(CN1CCN(C)CC1)OC(=O)c1ccc(Cl)cc1.[Cl-]. The van der Waals surface area contributed by atoms with Crippen LogP contribution in [0.4, 0.5) is 0 Å². The lowest BCUT2D eigenvalue weighted by Gasteiger charge is -2.33. The van der Waals surface area contributed by atoms with E-state index >= 15 is 0 Å². The molecule has 1 fully saturated rings. The molecule has 0 saturated carbocycles. The number of benzene rings is 1. The summed E-state index contributed by atoms with van der Waals surface area (Å²) in [5, 5.41) is 0.618. The molecule has 0 aromatic heterocycles. The van der Waals surface area contributed by atoms with Gasteiger partial charge in [0.2, 0.25) is 0 Å². The van der Waals surface area contributed by atoms with Crippen LogP contribution in [-0.2, 0) is 4.74 Å². The fourth-order valence-corrected chi connectivity index (χ4v) is 2.39. The monoisotopic (exact) mass is 331 g/mol. The largest absolute Gasteiger partial charge is 1.00 e. The Bertz CT molecular complexity index is 445. The molecule has 1 aliphatic rings. The van der Waals surface area contributed by atoms with E-state index in [1.54, 1.807) is 24.3 Å². The molecule has 0 radical (unpaired) electrons. The average molecular weight is 332 g/mol. The number of hydrogen-bond acceptors (Lipinski definition) is 4. The highest BCUT2D eigenvalue weighted by molar-refractivity contribution is 6.30. The van der Waals surface area contributed by atoms with E-state index in [-0.39, 0.29) is 24.5 Å². The summed E-state index contributed by atoms with van der Waals surface area (Å²) < 4.78 is 5.47. The van der Waals surface area contributed by atoms with Crippen molar-refractivity contribution in [2.24, 2.45) is 0 Å². The number of nitrogens with zero attached hydrogens (tertiary/aromatic N) is 2. The van der Waals surface area contributed by atoms with Gasteiger partial charge in [-0.25, -0.2) is 4.79 Å². The van der Waals surface area contributed by atoms with E-state index in [1.807, 2.05) is 6.92 Å². The molecular formula is C15H21Cl2N2O2-. The van der Waals surface area contributed by atoms with Gasteiger partial charge in [-0.15, -0.1) is 0 Å². The van der Waals surface area contributed by atoms with Crippen molar-refractivity contribution in [3.63, 3.8) is 0 Å². The maximum absolute atomic E-state index is 12.0. The molecule has 2 rings (SSSR count). The van der Waals surface area contributed by atoms with Crippen molar-refractivity contribution >= 4 is 17.6 Å². The van der Waals surface area contributed by atoms with Gasteiger partial charge in [-0.05, 0) is 38.2 Å². The van der Waals surface area contributed by atoms with Crippen LogP contribution in [0.5, 0.6) is 0 Å². The smallest absolute Gasteiger partial charge is 0.338 e. The Balaban J connectivity index is 0.00000220. The van der Waals surface area contributed by atoms with E-state index in [2.05, 4.69) is 16.8 Å². The number of ether oxygens (including phenoxy) is 1. The summed E-state index contributed by atoms with van der Waals surface area (Å²) in [6.07, 6.45) is -0.110. The van der Waals surface area contributed by atoms with Crippen molar-refractivity contribution in [3.8, 4) is 0 Å². The van der Waals surface area contributed by atoms with E-state index in [9.17, 15) is 4.79 Å². The lowest BCUT2D eigenvalue weighted by molar-refractivity contribution is -0.0000468. The van der Waals surface area contributed by atoms with Gasteiger partial charge in [0.15, 0.2) is 0 Å². The van der Waals surface area contributed by atoms with E-state index in [4.69, 9.17) is 16.3 Å². The first kappa shape index (κ1) is 18.2. The molecule has 21 heavy (non-hydrogen) atoms. The molecule has 1 aromatic rings. The van der Waals surface area contributed by atoms with Gasteiger partial charge in [0.05, 0.1) is 5.56 Å². The molecular weight excluding hydrogens is 311 g/mol. The van der Waals surface area contributed by atoms with Gasteiger partial charge in [-0.1, -0.05) is 11.6 Å². The summed E-state index contributed by atoms with van der Waals surface area (Å²) in [4.78, 5) is 16.6. The third kappa shape index (κ3) is 5.83. The van der Waals surface area contributed by atoms with Crippen molar-refractivity contribution in [3.05, 3.63) is 34.9 Å². The zero-order valence-electron chi connectivity index (χ0n) is 12.4. The first-order valence-electron chi connectivity index (χ1n) is 6.92. The van der Waals surface area contributed by atoms with Crippen molar-refractivity contribution in [1.29, 1.82) is 0 Å². The number of piperazine rings is 1. The van der Waals surface area contributed by atoms with Crippen LogP contribution in [0.15, 0.2) is 24.3 Å². The minimum Gasteiger partial charge on any atom is -1.00 e. The van der Waals surface area contributed by atoms with Crippen molar-refractivity contribution in [1.82, 2.24) is 9.80 Å². The fourth-order valence-electron chi connectivity index (χ4n) is 2.27. The van der Waals surface area contributed by atoms with Gasteiger partial charge in [-0.2, -0.15) is 0 Å². The maximum Gasteiger partial charge on any atom is 0.338 e. The third-order valence-corrected chi connectivity index (χ3v) is 3.75. The third-order valence-electron chi connectivity index (χ3n) is 3.50. The molecule has 0 N–H and O–H groups in total. The molecule has 6 heteroatoms. The summed E-state index contributed by atoms with van der Waals surface area (Å²) in [5.41, 5.74) is 0.541. The maximum atomic E-state index is 12.0. The number of rotatable bonds is 4. The number of carbonyl (C=O) groups is 1. The number of halogens is 2. The van der Waals surface area contributed by atoms with Crippen LogP contribution >= 0.6 is 11.6 Å². The molecule has 0 spiro atoms. The van der Waals surface area contributed by atoms with Crippen LogP contribution in [-0.4, -0.2) is 61.6 Å². The first-order valence-corrected chi connectivity index (χ1v) is 7.30. The highest BCUT2D eigenvalue weighted by atomic mass is 35.5. The summed E-state index contributed by atoms with van der Waals surface area (Å²) >= 11 is 5.80. The van der Waals surface area contributed by atoms with Gasteiger partial charge in [0, 0.05) is 37.7 Å². The van der Waals surface area contributed by atoms with Crippen molar-refractivity contribution in [2.45, 2.75) is 13.0 Å². The molecule has 118 valence electrons. The van der Waals surface area contributed by atoms with Gasteiger partial charge >= 0.3 is 5.97 Å². The second-order valence-corrected chi connectivity index (χ2v) is 5.76. The Morgan fingerprint density at radius 2 is 1.81 bits per heavy atom. The Morgan fingerprint density at radius 1 is 1.24 bits per heavy atom. The number of hydrogen-bond donors (Lipinski definition) is 0. The van der Waals surface area contributed by atoms with Crippen LogP contribution in [0.1, 0.15) is 17.3 Å². The summed E-state index contributed by atoms with van der Waals surface area (Å²) in [7, 11) is 2.13. The highest BCUT2D eigenvalue weighted by Crippen LogP contribution is 2.11. The van der Waals surface area contributed by atoms with E-state index in [0.29, 0.717) is 10.6 Å². The van der Waals surface area contributed by atoms with Crippen molar-refractivity contribution < 1.29 is 21.9 Å². The predicted octanol–water partition coefficient (Wildman–Crippen LogP) is -0.863. The van der Waals surface area contributed by atoms with Gasteiger partial charge in [0.25, 0.3) is 0 Å². The van der Waals surface area contributed by atoms with Gasteiger partial charge in [-0.3, -0.25) is 4.90 Å². The Morgan fingerprint density at radius 3 is 2.38 bits per heavy atom. The summed E-state index contributed by atoms with van der Waals surface area (Å²) in [6, 6.07) is 6.77. The van der Waals surface area contributed by atoms with E-state index in [1.165, 1.54) is 0 Å². The molecule has 1 aliphatic heterocycles. The Kier molecular flexibility index (Phi) is 7.46. The number of esters is 1. The van der Waals surface area contributed by atoms with Crippen LogP contribution in [0.2, 0.25) is 5.02 Å². The summed E-state index contributed by atoms with van der Waals surface area (Å²) in [5.74, 6) is -0.289. The van der Waals surface area contributed by atoms with Crippen LogP contribution in [0, 0.1) is 0 Å². The topological polar surface area (TPSA) is 32.8 Å². The second kappa shape index (κ2) is 8.59. The molecule has 0 bridgehead atoms. The van der Waals surface area contributed by atoms with Crippen LogP contribution in [0.3, 0.4) is 0 Å². The highest BCUT2D eigenvalue weighted by Gasteiger charge is 2.18. The first-order chi connectivity index (χ1) is 9.54. The van der Waals surface area contributed by atoms with Gasteiger partial charge < -0.3 is 22.0 Å². The lowest BCUT2D eigenvalue weighted by atomic mass is 10.2. The standard InChI is InChI=1S/C15H21ClN2O2.ClH/c1-12(11-18-9-7-17(2)8-10-18)20-15(19)13-3-5-14(16)6-4-13;/h3-6,12H,7-11H2,1-2H3;1H/p-1. The number of likely N-dealkylation sites (N-methyl/N-ethyl adjacent to an activating group) is 1. The minimum atomic E-state index is -0.289. The van der Waals surface area contributed by atoms with Crippen molar-refractivity contribution in [2.75, 3.05) is 39.8 Å². The van der Waals surface area contributed by atoms with E-state index in [0.717, 1.165) is 32.7 Å². The molecule has 1 atom stereocenters. The second-order valence-electron chi connectivity index (χ2n) is 5.33. The van der Waals surface area contributed by atoms with Gasteiger partial charge in [0.1, 0.15) is 6.10 Å². The molecule has 4 nitrogen and oxygen atoms in total. The summed E-state index contributed by atoms with van der Waals surface area (Å²) in [6.45, 7) is 6.91. The molecule has 1 aromatic carbocycles.